The molecule has 0 saturated carbocycles. The molecule has 4 rings (SSSR count). The lowest BCUT2D eigenvalue weighted by molar-refractivity contribution is -0.158. The highest BCUT2D eigenvalue weighted by atomic mass is 32.2. The molecule has 4 aromatic rings. The molecule has 1 aromatic heterocycles. The lowest BCUT2D eigenvalue weighted by atomic mass is 9.99. The van der Waals surface area contributed by atoms with Crippen LogP contribution in [0.5, 0.6) is 5.75 Å². The van der Waals surface area contributed by atoms with E-state index in [2.05, 4.69) is 79.5 Å². The van der Waals surface area contributed by atoms with Gasteiger partial charge in [0.15, 0.2) is 14.7 Å². The zero-order valence-corrected chi connectivity index (χ0v) is 22.0. The number of carbonyl (C=O) groups excluding carboxylic acids is 1. The van der Waals surface area contributed by atoms with Gasteiger partial charge < -0.3 is 9.47 Å². The highest BCUT2D eigenvalue weighted by Crippen LogP contribution is 2.35. The van der Waals surface area contributed by atoms with Gasteiger partial charge in [-0.2, -0.15) is 0 Å². The van der Waals surface area contributed by atoms with Gasteiger partial charge in [-0.25, -0.2) is 0 Å². The van der Waals surface area contributed by atoms with Crippen LogP contribution >= 0.6 is 0 Å². The van der Waals surface area contributed by atoms with Crippen LogP contribution < -0.4 is 4.74 Å². The first kappa shape index (κ1) is 25.5. The number of hydrogen-bond acceptors (Lipinski definition) is 4. The zero-order valence-electron chi connectivity index (χ0n) is 21.2. The summed E-state index contributed by atoms with van der Waals surface area (Å²) in [6.45, 7) is 8.15. The number of aryl methyl sites for hydroxylation is 2. The summed E-state index contributed by atoms with van der Waals surface area (Å²) >= 11 is 0. The Labute approximate surface area is 216 Å². The first-order valence-electron chi connectivity index (χ1n) is 12.1. The van der Waals surface area contributed by atoms with Crippen molar-refractivity contribution in [3.05, 3.63) is 114 Å². The molecule has 0 amide bonds. The van der Waals surface area contributed by atoms with Crippen LogP contribution in [0.15, 0.2) is 112 Å². The second-order valence-corrected chi connectivity index (χ2v) is 11.2. The number of ether oxygens (including phenoxy) is 2. The van der Waals surface area contributed by atoms with E-state index in [1.165, 1.54) is 14.7 Å². The quantitative estimate of drug-likeness (QED) is 0.183. The van der Waals surface area contributed by atoms with Crippen LogP contribution in [0.2, 0.25) is 0 Å². The lowest BCUT2D eigenvalue weighted by Crippen LogP contribution is -2.26. The minimum atomic E-state index is -0.724. The molecule has 0 atom stereocenters. The average molecular weight is 499 g/mol. The van der Waals surface area contributed by atoms with Gasteiger partial charge in [0.25, 0.3) is 0 Å². The molecule has 1 heterocycles. The Hall–Kier alpha value is -3.57. The van der Waals surface area contributed by atoms with E-state index in [1.54, 1.807) is 12.4 Å². The maximum Gasteiger partial charge on any atom is 0.310 e. The van der Waals surface area contributed by atoms with E-state index in [0.29, 0.717) is 0 Å². The Morgan fingerprint density at radius 1 is 0.806 bits per heavy atom. The third-order valence-electron chi connectivity index (χ3n) is 5.92. The van der Waals surface area contributed by atoms with E-state index >= 15 is 0 Å². The van der Waals surface area contributed by atoms with E-state index in [4.69, 9.17) is 9.47 Å². The van der Waals surface area contributed by atoms with E-state index in [-0.39, 0.29) is 29.9 Å². The van der Waals surface area contributed by atoms with Crippen LogP contribution in [-0.2, 0) is 26.0 Å². The first-order chi connectivity index (χ1) is 17.3. The maximum absolute atomic E-state index is 12.5. The van der Waals surface area contributed by atoms with Crippen LogP contribution in [0.3, 0.4) is 0 Å². The highest BCUT2D eigenvalue weighted by Gasteiger charge is 2.30. The molecule has 0 aliphatic heterocycles. The Bertz CT molecular complexity index is 1230. The minimum absolute atomic E-state index is 0.174. The summed E-state index contributed by atoms with van der Waals surface area (Å²) in [4.78, 5) is 20.4. The zero-order chi connectivity index (χ0) is 25.5. The van der Waals surface area contributed by atoms with Gasteiger partial charge in [-0.15, -0.1) is 0 Å². The van der Waals surface area contributed by atoms with Crippen molar-refractivity contribution >= 4 is 16.9 Å². The van der Waals surface area contributed by atoms with E-state index in [1.807, 2.05) is 38.1 Å². The molecule has 0 N–H and O–H groups in total. The molecule has 0 fully saturated rings. The Balaban J connectivity index is 1.47. The summed E-state index contributed by atoms with van der Waals surface area (Å²) in [6, 6.07) is 29.3. The second kappa shape index (κ2) is 11.4. The molecule has 3 aromatic carbocycles. The Morgan fingerprint density at radius 2 is 1.33 bits per heavy atom. The van der Waals surface area contributed by atoms with Crippen molar-refractivity contribution in [2.75, 3.05) is 6.61 Å². The highest BCUT2D eigenvalue weighted by molar-refractivity contribution is 7.97. The summed E-state index contributed by atoms with van der Waals surface area (Å²) in [7, 11) is -0.220. The van der Waals surface area contributed by atoms with Crippen molar-refractivity contribution in [2.24, 2.45) is 0 Å². The first-order valence-corrected chi connectivity index (χ1v) is 13.3. The molecular formula is C31H32NO3S+. The van der Waals surface area contributed by atoms with Crippen molar-refractivity contribution in [1.29, 1.82) is 0 Å². The van der Waals surface area contributed by atoms with E-state index < -0.39 is 5.60 Å². The number of esters is 1. The van der Waals surface area contributed by atoms with Crippen molar-refractivity contribution in [1.82, 2.24) is 4.98 Å². The van der Waals surface area contributed by atoms with Crippen molar-refractivity contribution in [3.8, 4) is 5.75 Å². The Kier molecular flexibility index (Phi) is 8.11. The predicted molar refractivity (Wildman–Crippen MR) is 144 cm³/mol. The summed E-state index contributed by atoms with van der Waals surface area (Å²) < 4.78 is 11.8. The molecule has 4 nitrogen and oxygen atoms in total. The summed E-state index contributed by atoms with van der Waals surface area (Å²) in [6.07, 6.45) is 3.57. The smallest absolute Gasteiger partial charge is 0.310 e. The summed E-state index contributed by atoms with van der Waals surface area (Å²) in [5.41, 5.74) is 2.29. The van der Waals surface area contributed by atoms with Gasteiger partial charge in [0.1, 0.15) is 11.4 Å². The van der Waals surface area contributed by atoms with Crippen molar-refractivity contribution < 1.29 is 14.3 Å². The topological polar surface area (TPSA) is 48.4 Å². The standard InChI is InChI=1S/C31H32NO3S/c1-23-21-28(36(26-11-7-5-8-12-26)27-13-9-6-10-14-27)22-24(2)30(23)34-20-17-29(33)35-31(3,4)25-15-18-32-19-16-25/h5-16,18-19,21-22H,17,20H2,1-4H3/q+1. The molecular weight excluding hydrogens is 466 g/mol. The Morgan fingerprint density at radius 3 is 1.86 bits per heavy atom. The largest absolute Gasteiger partial charge is 0.492 e. The monoisotopic (exact) mass is 498 g/mol. The third kappa shape index (κ3) is 6.16. The molecule has 184 valence electrons. The van der Waals surface area contributed by atoms with Gasteiger partial charge in [0, 0.05) is 24.5 Å². The summed E-state index contributed by atoms with van der Waals surface area (Å²) in [5.74, 6) is 0.531. The minimum Gasteiger partial charge on any atom is -0.492 e. The molecule has 0 radical (unpaired) electrons. The van der Waals surface area contributed by atoms with Crippen LogP contribution in [-0.4, -0.2) is 17.6 Å². The number of hydrogen-bond donors (Lipinski definition) is 0. The molecule has 0 bridgehead atoms. The molecule has 5 heteroatoms. The predicted octanol–water partition coefficient (Wildman–Crippen LogP) is 7.04. The van der Waals surface area contributed by atoms with Crippen LogP contribution in [0.1, 0.15) is 37.0 Å². The molecule has 0 saturated heterocycles. The van der Waals surface area contributed by atoms with Gasteiger partial charge in [-0.05, 0) is 80.8 Å². The number of benzene rings is 3. The number of aromatic nitrogens is 1. The van der Waals surface area contributed by atoms with Crippen LogP contribution in [0.4, 0.5) is 0 Å². The van der Waals surface area contributed by atoms with Gasteiger partial charge in [0.05, 0.1) is 23.9 Å². The molecule has 0 aliphatic carbocycles. The summed E-state index contributed by atoms with van der Waals surface area (Å²) in [5, 5.41) is 0. The SMILES string of the molecule is Cc1cc([S+](c2ccccc2)c2ccccc2)cc(C)c1OCCC(=O)OC(C)(C)c1ccncc1. The molecule has 0 unspecified atom stereocenters. The number of rotatable bonds is 9. The lowest BCUT2D eigenvalue weighted by Gasteiger charge is -2.25. The fraction of sp³-hybridized carbons (Fsp3) is 0.226. The molecule has 0 spiro atoms. The number of carbonyl (C=O) groups is 1. The van der Waals surface area contributed by atoms with Crippen molar-refractivity contribution in [3.63, 3.8) is 0 Å². The van der Waals surface area contributed by atoms with Crippen molar-refractivity contribution in [2.45, 2.75) is 54.4 Å². The normalized spacial score (nSPS) is 11.4. The maximum atomic E-state index is 12.5. The van der Waals surface area contributed by atoms with E-state index in [0.717, 1.165) is 22.4 Å². The third-order valence-corrected chi connectivity index (χ3v) is 8.12. The van der Waals surface area contributed by atoms with Gasteiger partial charge in [0.2, 0.25) is 0 Å². The number of pyridine rings is 1. The van der Waals surface area contributed by atoms with Gasteiger partial charge in [-0.1, -0.05) is 36.4 Å². The average Bonchev–Trinajstić information content (AvgIpc) is 2.87. The molecule has 36 heavy (non-hydrogen) atoms. The van der Waals surface area contributed by atoms with Crippen LogP contribution in [0.25, 0.3) is 0 Å². The van der Waals surface area contributed by atoms with Crippen LogP contribution in [0, 0.1) is 13.8 Å². The second-order valence-electron chi connectivity index (χ2n) is 9.14. The van der Waals surface area contributed by atoms with Gasteiger partial charge in [-0.3, -0.25) is 9.78 Å². The number of nitrogens with zero attached hydrogens (tertiary/aromatic N) is 1. The van der Waals surface area contributed by atoms with Gasteiger partial charge >= 0.3 is 5.97 Å². The van der Waals surface area contributed by atoms with E-state index in [9.17, 15) is 4.79 Å². The fourth-order valence-electron chi connectivity index (χ4n) is 4.16. The molecule has 0 aliphatic rings. The fourth-order valence-corrected chi connectivity index (χ4v) is 6.43.